The van der Waals surface area contributed by atoms with E-state index >= 15 is 0 Å². The van der Waals surface area contributed by atoms with Gasteiger partial charge in [0, 0.05) is 11.4 Å². The lowest BCUT2D eigenvalue weighted by molar-refractivity contribution is -0.124. The Morgan fingerprint density at radius 1 is 0.339 bits per heavy atom. The van der Waals surface area contributed by atoms with E-state index in [4.69, 9.17) is 39.6 Å². The molecule has 1 aliphatic heterocycles. The molecule has 124 heavy (non-hydrogen) atoms. The highest BCUT2D eigenvalue weighted by atomic mass is 32.2. The first-order valence-electron chi connectivity index (χ1n) is 41.2. The molecule has 16 aromatic rings. The van der Waals surface area contributed by atoms with Crippen LogP contribution in [0, 0.1) is 13.8 Å². The standard InChI is InChI=1S/C100H96N12O8S4/c1-57-21-35-71(36-22-57)101-95(115)107-105-85(113)55-119-93-81-45-69(99(9,10)11)46-82(93)122-78-42-68(98(6,7)8)44-80(92(78)118-54-74-52-112(110-104-74)50-66-32-30-64-28-26-60-18-16-20-62-34-40-76(66)90(64)88(60)62)124-84-48-70(100(12,13)14)47-83(94(84)120-56-86(114)106-108-96(116)102-72-37-23-58(2)24-38-72)123-79-43-67(97(3,4)5)41-77(121-81)91(79)117-53-73-51-111(109-103-73)49-65-31-29-63-27-25-59-17-15-19-61-33-39-75(65)89(63)87(59)61/h15-48,51-52H,49-50,53-56H2,1-14H3,(H,105,113)(H,106,114)(H2,101,107,115)(H2,102,108,116). The van der Waals surface area contributed by atoms with Crippen LogP contribution in [0.3, 0.4) is 0 Å². The lowest BCUT2D eigenvalue weighted by Gasteiger charge is -2.28. The first-order chi connectivity index (χ1) is 59.3. The monoisotopic (exact) mass is 1720 g/mol. The predicted molar refractivity (Wildman–Crippen MR) is 498 cm³/mol. The number of hydrogen-bond acceptors (Lipinski definition) is 16. The zero-order valence-corrected chi connectivity index (χ0v) is 74.9. The number of hydrogen-bond donors (Lipinski definition) is 6. The normalized spacial score (nSPS) is 12.6. The summed E-state index contributed by atoms with van der Waals surface area (Å²) >= 11 is 5.74. The van der Waals surface area contributed by atoms with Gasteiger partial charge in [-0.1, -0.05) is 285 Å². The summed E-state index contributed by atoms with van der Waals surface area (Å²) in [4.78, 5) is 61.3. The molecule has 1 aliphatic rings. The average Bonchev–Trinajstić information content (AvgIpc) is 0.966. The average molecular weight is 1720 g/mol. The zero-order chi connectivity index (χ0) is 86.7. The van der Waals surface area contributed by atoms with E-state index in [9.17, 15) is 19.2 Å². The van der Waals surface area contributed by atoms with Gasteiger partial charge in [0.2, 0.25) is 0 Å². The van der Waals surface area contributed by atoms with E-state index in [1.165, 1.54) is 101 Å². The van der Waals surface area contributed by atoms with E-state index in [0.29, 0.717) is 98.0 Å². The first kappa shape index (κ1) is 83.8. The maximum Gasteiger partial charge on any atom is 0.337 e. The number of carbonyl (C=O) groups is 4. The third-order valence-electron chi connectivity index (χ3n) is 22.2. The fourth-order valence-corrected chi connectivity index (χ4v) is 20.1. The highest BCUT2D eigenvalue weighted by Crippen LogP contribution is 2.57. The molecular formula is C100H96N12O8S4. The summed E-state index contributed by atoms with van der Waals surface area (Å²) in [6.07, 6.45) is 3.86. The molecule has 0 saturated heterocycles. The minimum Gasteiger partial charge on any atom is -0.485 e. The molecule has 8 bridgehead atoms. The van der Waals surface area contributed by atoms with Crippen LogP contribution in [0.5, 0.6) is 23.0 Å². The Morgan fingerprint density at radius 3 is 0.927 bits per heavy atom. The number of benzene rings is 14. The summed E-state index contributed by atoms with van der Waals surface area (Å²) in [6.45, 7) is 29.7. The van der Waals surface area contributed by atoms with Gasteiger partial charge < -0.3 is 29.6 Å². The van der Waals surface area contributed by atoms with E-state index in [2.05, 4.69) is 273 Å². The van der Waals surface area contributed by atoms with Crippen molar-refractivity contribution in [1.82, 2.24) is 51.7 Å². The Balaban J connectivity index is 0.809. The predicted octanol–water partition coefficient (Wildman–Crippen LogP) is 23.1. The molecule has 20 nitrogen and oxygen atoms in total. The van der Waals surface area contributed by atoms with Crippen LogP contribution in [0.1, 0.15) is 139 Å². The molecular weight excluding hydrogens is 1630 g/mol. The van der Waals surface area contributed by atoms with Crippen molar-refractivity contribution in [3.8, 4) is 23.0 Å². The smallest absolute Gasteiger partial charge is 0.337 e. The molecule has 17 rings (SSSR count). The Bertz CT molecular complexity index is 6290. The summed E-state index contributed by atoms with van der Waals surface area (Å²) in [5, 5.41) is 39.0. The van der Waals surface area contributed by atoms with Crippen molar-refractivity contribution in [2.24, 2.45) is 0 Å². The van der Waals surface area contributed by atoms with Gasteiger partial charge in [-0.3, -0.25) is 20.4 Å². The second-order valence-electron chi connectivity index (χ2n) is 35.7. The van der Waals surface area contributed by atoms with Gasteiger partial charge in [0.25, 0.3) is 11.8 Å². The van der Waals surface area contributed by atoms with Gasteiger partial charge in [-0.25, -0.2) is 29.8 Å². The van der Waals surface area contributed by atoms with Crippen molar-refractivity contribution < 1.29 is 38.1 Å². The van der Waals surface area contributed by atoms with E-state index in [1.54, 1.807) is 24.3 Å². The van der Waals surface area contributed by atoms with E-state index in [1.807, 2.05) is 59.9 Å². The minimum atomic E-state index is -0.650. The molecule has 0 unspecified atom stereocenters. The summed E-state index contributed by atoms with van der Waals surface area (Å²) in [6, 6.07) is 69.6. The second-order valence-corrected chi connectivity index (χ2v) is 40.1. The van der Waals surface area contributed by atoms with Crippen LogP contribution in [0.25, 0.3) is 64.6 Å². The van der Waals surface area contributed by atoms with Crippen LogP contribution in [0.4, 0.5) is 21.0 Å². The number of nitrogens with one attached hydrogen (secondary N) is 6. The highest BCUT2D eigenvalue weighted by molar-refractivity contribution is 8.01. The van der Waals surface area contributed by atoms with E-state index in [0.717, 1.165) is 55.3 Å². The number of amides is 6. The van der Waals surface area contributed by atoms with Crippen molar-refractivity contribution in [3.63, 3.8) is 0 Å². The van der Waals surface area contributed by atoms with Gasteiger partial charge in [-0.05, 0) is 206 Å². The molecule has 0 fully saturated rings. The van der Waals surface area contributed by atoms with Crippen LogP contribution >= 0.6 is 47.0 Å². The number of nitrogens with zero attached hydrogens (tertiary/aromatic N) is 6. The van der Waals surface area contributed by atoms with Crippen LogP contribution < -0.4 is 51.3 Å². The number of anilines is 2. The second kappa shape index (κ2) is 34.0. The maximum atomic E-state index is 14.5. The summed E-state index contributed by atoms with van der Waals surface area (Å²) < 4.78 is 32.7. The quantitative estimate of drug-likeness (QED) is 0.0346. The Morgan fingerprint density at radius 2 is 0.621 bits per heavy atom. The zero-order valence-electron chi connectivity index (χ0n) is 71.6. The molecule has 24 heteroatoms. The molecule has 0 atom stereocenters. The van der Waals surface area contributed by atoms with Crippen molar-refractivity contribution in [1.29, 1.82) is 0 Å². The number of urea groups is 2. The highest BCUT2D eigenvalue weighted by Gasteiger charge is 2.33. The Kier molecular flexibility index (Phi) is 23.0. The van der Waals surface area contributed by atoms with Gasteiger partial charge >= 0.3 is 12.1 Å². The number of hydrazine groups is 2. The Hall–Kier alpha value is -12.5. The summed E-state index contributed by atoms with van der Waals surface area (Å²) in [5.74, 6) is 0.466. The largest absolute Gasteiger partial charge is 0.485 e. The van der Waals surface area contributed by atoms with Crippen LogP contribution in [-0.4, -0.2) is 67.1 Å². The molecule has 14 aromatic carbocycles. The van der Waals surface area contributed by atoms with Crippen LogP contribution in [0.2, 0.25) is 0 Å². The van der Waals surface area contributed by atoms with Gasteiger partial charge in [0.15, 0.2) is 13.2 Å². The van der Waals surface area contributed by atoms with Crippen LogP contribution in [-0.2, 0) is 57.6 Å². The number of aryl methyl sites for hydroxylation is 2. The third kappa shape index (κ3) is 18.3. The molecule has 628 valence electrons. The van der Waals surface area contributed by atoms with Gasteiger partial charge in [0.05, 0.1) is 64.6 Å². The molecule has 6 N–H and O–H groups in total. The molecule has 2 aromatic heterocycles. The number of aromatic nitrogens is 6. The SMILES string of the molecule is Cc1ccc(NC(=O)NNC(=O)COc2c3cc(C(C)(C)C)cc2Sc2cc(C(C)(C)C)cc(c2OCc2cn(Cc4ccc5ccc6cccc7ccc4c5c67)nn2)Sc2cc(C(C)(C)C)cc(c2OCC(=O)NNC(=O)Nc2ccc(C)cc2)Sc2cc(C(C)(C)C)cc(c2OCc2cn(Cc4ccc5ccc6cccc7ccc4c5c67)nn2)S3)cc1. The van der Waals surface area contributed by atoms with Crippen molar-refractivity contribution in [2.45, 2.75) is 184 Å². The van der Waals surface area contributed by atoms with Crippen molar-refractivity contribution >= 4 is 147 Å². The number of rotatable bonds is 18. The summed E-state index contributed by atoms with van der Waals surface area (Å²) in [5.41, 5.74) is 18.6. The van der Waals surface area contributed by atoms with Crippen molar-refractivity contribution in [2.75, 3.05) is 23.8 Å². The third-order valence-corrected chi connectivity index (χ3v) is 26.4. The molecule has 0 spiro atoms. The van der Waals surface area contributed by atoms with E-state index < -0.39 is 58.8 Å². The first-order valence-corrected chi connectivity index (χ1v) is 44.5. The number of carbonyl (C=O) groups excluding carboxylic acids is 4. The van der Waals surface area contributed by atoms with Crippen molar-refractivity contribution in [3.05, 3.63) is 275 Å². The maximum absolute atomic E-state index is 14.5. The topological polar surface area (TPSA) is 239 Å². The fourth-order valence-electron chi connectivity index (χ4n) is 15.4. The summed E-state index contributed by atoms with van der Waals surface area (Å²) in [7, 11) is 0. The molecule has 0 radical (unpaired) electrons. The van der Waals surface area contributed by atoms with Gasteiger partial charge in [-0.15, -0.1) is 10.2 Å². The molecule has 3 heterocycles. The lowest BCUT2D eigenvalue weighted by Crippen LogP contribution is -2.45. The fraction of sp³-hybridized carbons (Fsp3) is 0.240. The minimum absolute atomic E-state index is 0.0199. The number of ether oxygens (including phenoxy) is 4. The number of fused-ring (bicyclic) bond motifs is 8. The molecule has 6 amide bonds. The van der Waals surface area contributed by atoms with Gasteiger partial charge in [-0.2, -0.15) is 0 Å². The van der Waals surface area contributed by atoms with Gasteiger partial charge in [0.1, 0.15) is 47.6 Å². The molecule has 0 aliphatic carbocycles. The van der Waals surface area contributed by atoms with Crippen LogP contribution in [0.15, 0.2) is 258 Å². The Labute approximate surface area is 737 Å². The lowest BCUT2D eigenvalue weighted by atomic mass is 9.87. The van der Waals surface area contributed by atoms with E-state index in [-0.39, 0.29) is 13.2 Å². The molecule has 0 saturated carbocycles.